The number of nitrogen functional groups attached to an aromatic ring is 1. The fourth-order valence-electron chi connectivity index (χ4n) is 3.91. The topological polar surface area (TPSA) is 99.2 Å². The maximum absolute atomic E-state index is 12.6. The number of likely N-dealkylation sites (tertiary alicyclic amines) is 1. The monoisotopic (exact) mass is 356 g/mol. The summed E-state index contributed by atoms with van der Waals surface area (Å²) in [7, 11) is 0. The molecule has 0 aliphatic carbocycles. The summed E-state index contributed by atoms with van der Waals surface area (Å²) in [6.45, 7) is 4.60. The number of hydrogen-bond donors (Lipinski definition) is 1. The van der Waals surface area contributed by atoms with Crippen molar-refractivity contribution in [1.82, 2.24) is 24.6 Å². The molecule has 1 amide bonds. The van der Waals surface area contributed by atoms with Gasteiger partial charge in [0.05, 0.1) is 12.3 Å². The van der Waals surface area contributed by atoms with Crippen LogP contribution in [0.3, 0.4) is 0 Å². The van der Waals surface area contributed by atoms with Crippen LogP contribution < -0.4 is 5.73 Å². The molecule has 2 N–H and O–H groups in total. The molecule has 0 atom stereocenters. The first-order chi connectivity index (χ1) is 12.6. The van der Waals surface area contributed by atoms with Gasteiger partial charge in [-0.1, -0.05) is 0 Å². The number of anilines is 1. The highest BCUT2D eigenvalue weighted by molar-refractivity contribution is 5.76. The number of carbonyl (C=O) groups is 1. The lowest BCUT2D eigenvalue weighted by Crippen LogP contribution is -2.49. The quantitative estimate of drug-likeness (QED) is 0.882. The lowest BCUT2D eigenvalue weighted by molar-refractivity contribution is -0.141. The van der Waals surface area contributed by atoms with Crippen LogP contribution in [0.5, 0.6) is 0 Å². The van der Waals surface area contributed by atoms with Gasteiger partial charge in [-0.3, -0.25) is 9.48 Å². The van der Waals surface area contributed by atoms with Crippen LogP contribution >= 0.6 is 0 Å². The van der Waals surface area contributed by atoms with E-state index in [9.17, 15) is 4.79 Å². The second-order valence-electron chi connectivity index (χ2n) is 7.02. The van der Waals surface area contributed by atoms with Crippen LogP contribution in [0.25, 0.3) is 0 Å². The standard InChI is InChI=1S/C18H24N6O2/c1-13-2-7-21-24(13)8-3-15(25)23-9-5-18(6-10-23)16-14(4-11-26-18)12-20-17(19)22-16/h2,7,12H,3-6,8-11H2,1H3,(H2,19,20,22). The Kier molecular flexibility index (Phi) is 4.36. The van der Waals surface area contributed by atoms with E-state index in [1.165, 1.54) is 0 Å². The van der Waals surface area contributed by atoms with Crippen molar-refractivity contribution in [3.63, 3.8) is 0 Å². The number of fused-ring (bicyclic) bond motifs is 2. The van der Waals surface area contributed by atoms with Crippen LogP contribution in [0, 0.1) is 6.92 Å². The third-order valence-corrected chi connectivity index (χ3v) is 5.45. The van der Waals surface area contributed by atoms with Crippen LogP contribution in [0.4, 0.5) is 5.95 Å². The Bertz CT molecular complexity index is 810. The van der Waals surface area contributed by atoms with E-state index in [0.717, 1.165) is 36.2 Å². The molecule has 4 heterocycles. The summed E-state index contributed by atoms with van der Waals surface area (Å²) in [4.78, 5) is 23.1. The molecular weight excluding hydrogens is 332 g/mol. The molecule has 0 radical (unpaired) electrons. The van der Waals surface area contributed by atoms with Gasteiger partial charge in [-0.05, 0) is 37.8 Å². The van der Waals surface area contributed by atoms with E-state index >= 15 is 0 Å². The molecule has 2 aromatic heterocycles. The van der Waals surface area contributed by atoms with Crippen molar-refractivity contribution in [2.75, 3.05) is 25.4 Å². The number of hydrogen-bond acceptors (Lipinski definition) is 6. The number of carbonyl (C=O) groups excluding carboxylic acids is 1. The van der Waals surface area contributed by atoms with Crippen LogP contribution in [0.2, 0.25) is 0 Å². The van der Waals surface area contributed by atoms with Crippen molar-refractivity contribution >= 4 is 11.9 Å². The van der Waals surface area contributed by atoms with Gasteiger partial charge in [-0.25, -0.2) is 9.97 Å². The van der Waals surface area contributed by atoms with E-state index in [1.54, 1.807) is 6.20 Å². The third-order valence-electron chi connectivity index (χ3n) is 5.45. The first kappa shape index (κ1) is 17.0. The highest BCUT2D eigenvalue weighted by Gasteiger charge is 2.43. The molecule has 1 spiro atoms. The Balaban J connectivity index is 1.41. The first-order valence-corrected chi connectivity index (χ1v) is 9.09. The predicted molar refractivity (Wildman–Crippen MR) is 95.2 cm³/mol. The molecule has 2 aromatic rings. The zero-order valence-corrected chi connectivity index (χ0v) is 15.0. The van der Waals surface area contributed by atoms with Gasteiger partial charge in [0.1, 0.15) is 5.60 Å². The summed E-state index contributed by atoms with van der Waals surface area (Å²) in [5, 5.41) is 4.23. The van der Waals surface area contributed by atoms with Crippen molar-refractivity contribution in [2.45, 2.75) is 44.8 Å². The molecule has 0 aromatic carbocycles. The molecule has 2 aliphatic heterocycles. The fourth-order valence-corrected chi connectivity index (χ4v) is 3.91. The fraction of sp³-hybridized carbons (Fsp3) is 0.556. The summed E-state index contributed by atoms with van der Waals surface area (Å²) >= 11 is 0. The molecular formula is C18H24N6O2. The van der Waals surface area contributed by atoms with Crippen LogP contribution in [0.1, 0.15) is 36.2 Å². The minimum Gasteiger partial charge on any atom is -0.368 e. The molecule has 1 fully saturated rings. The van der Waals surface area contributed by atoms with Crippen molar-refractivity contribution in [2.24, 2.45) is 0 Å². The highest BCUT2D eigenvalue weighted by atomic mass is 16.5. The number of rotatable bonds is 3. The Hall–Kier alpha value is -2.48. The van der Waals surface area contributed by atoms with E-state index in [2.05, 4.69) is 15.1 Å². The van der Waals surface area contributed by atoms with Crippen LogP contribution in [-0.4, -0.2) is 50.3 Å². The van der Waals surface area contributed by atoms with E-state index < -0.39 is 5.60 Å². The zero-order chi connectivity index (χ0) is 18.1. The molecule has 0 saturated carbocycles. The minimum absolute atomic E-state index is 0.160. The Morgan fingerprint density at radius 1 is 1.38 bits per heavy atom. The van der Waals surface area contributed by atoms with Crippen molar-refractivity contribution in [3.05, 3.63) is 35.4 Å². The Labute approximate surface area is 152 Å². The van der Waals surface area contributed by atoms with Gasteiger partial charge in [0.2, 0.25) is 11.9 Å². The van der Waals surface area contributed by atoms with Crippen molar-refractivity contribution in [1.29, 1.82) is 0 Å². The van der Waals surface area contributed by atoms with Gasteiger partial charge in [-0.15, -0.1) is 0 Å². The van der Waals surface area contributed by atoms with E-state index in [1.807, 2.05) is 28.8 Å². The molecule has 26 heavy (non-hydrogen) atoms. The molecule has 2 aliphatic rings. The molecule has 8 nitrogen and oxygen atoms in total. The Morgan fingerprint density at radius 2 is 2.19 bits per heavy atom. The van der Waals surface area contributed by atoms with Gasteiger partial charge in [-0.2, -0.15) is 5.10 Å². The predicted octanol–water partition coefficient (Wildman–Crippen LogP) is 1.04. The molecule has 4 rings (SSSR count). The lowest BCUT2D eigenvalue weighted by Gasteiger charge is -2.44. The molecule has 0 bridgehead atoms. The zero-order valence-electron chi connectivity index (χ0n) is 15.0. The van der Waals surface area contributed by atoms with Crippen LogP contribution in [0.15, 0.2) is 18.5 Å². The second-order valence-corrected chi connectivity index (χ2v) is 7.02. The summed E-state index contributed by atoms with van der Waals surface area (Å²) < 4.78 is 8.02. The number of amides is 1. The molecule has 138 valence electrons. The summed E-state index contributed by atoms with van der Waals surface area (Å²) in [6, 6.07) is 1.94. The number of aryl methyl sites for hydroxylation is 2. The van der Waals surface area contributed by atoms with E-state index in [4.69, 9.17) is 10.5 Å². The second kappa shape index (κ2) is 6.68. The lowest BCUT2D eigenvalue weighted by atomic mass is 9.83. The van der Waals surface area contributed by atoms with E-state index in [-0.39, 0.29) is 11.9 Å². The van der Waals surface area contributed by atoms with Crippen LogP contribution in [-0.2, 0) is 28.1 Å². The normalized spacial score (nSPS) is 18.7. The maximum Gasteiger partial charge on any atom is 0.224 e. The number of nitrogens with zero attached hydrogens (tertiary/aromatic N) is 5. The first-order valence-electron chi connectivity index (χ1n) is 9.09. The maximum atomic E-state index is 12.6. The Morgan fingerprint density at radius 3 is 2.92 bits per heavy atom. The van der Waals surface area contributed by atoms with Gasteiger partial charge in [0.15, 0.2) is 0 Å². The number of ether oxygens (including phenoxy) is 1. The summed E-state index contributed by atoms with van der Waals surface area (Å²) in [6.07, 6.45) is 6.32. The number of piperidine rings is 1. The van der Waals surface area contributed by atoms with E-state index in [0.29, 0.717) is 32.7 Å². The SMILES string of the molecule is Cc1ccnn1CCC(=O)N1CCC2(CC1)OCCc1cnc(N)nc12. The highest BCUT2D eigenvalue weighted by Crippen LogP contribution is 2.40. The third kappa shape index (κ3) is 3.05. The average molecular weight is 356 g/mol. The van der Waals surface area contributed by atoms with Gasteiger partial charge >= 0.3 is 0 Å². The smallest absolute Gasteiger partial charge is 0.224 e. The van der Waals surface area contributed by atoms with Crippen molar-refractivity contribution < 1.29 is 9.53 Å². The number of nitrogens with two attached hydrogens (primary N) is 1. The van der Waals surface area contributed by atoms with Gasteiger partial charge in [0, 0.05) is 44.1 Å². The molecule has 0 unspecified atom stereocenters. The summed E-state index contributed by atoms with van der Waals surface area (Å²) in [5.74, 6) is 0.440. The molecule has 1 saturated heterocycles. The van der Waals surface area contributed by atoms with Gasteiger partial charge in [0.25, 0.3) is 0 Å². The summed E-state index contributed by atoms with van der Waals surface area (Å²) in [5.41, 5.74) is 8.46. The average Bonchev–Trinajstić information content (AvgIpc) is 3.06. The van der Waals surface area contributed by atoms with Crippen molar-refractivity contribution in [3.8, 4) is 0 Å². The minimum atomic E-state index is -0.431. The molecule has 8 heteroatoms. The number of aromatic nitrogens is 4. The van der Waals surface area contributed by atoms with Gasteiger partial charge < -0.3 is 15.4 Å². The largest absolute Gasteiger partial charge is 0.368 e.